The van der Waals surface area contributed by atoms with Crippen LogP contribution in [0.4, 0.5) is 5.69 Å². The summed E-state index contributed by atoms with van der Waals surface area (Å²) < 4.78 is 3.35. The van der Waals surface area contributed by atoms with Crippen LogP contribution in [0.5, 0.6) is 0 Å². The van der Waals surface area contributed by atoms with E-state index in [2.05, 4.69) is 15.4 Å². The summed E-state index contributed by atoms with van der Waals surface area (Å²) in [5.41, 5.74) is 2.54. The van der Waals surface area contributed by atoms with Crippen LogP contribution in [0.15, 0.2) is 65.2 Å². The molecule has 3 heterocycles. The first-order valence-corrected chi connectivity index (χ1v) is 7.98. The van der Waals surface area contributed by atoms with E-state index in [1.807, 2.05) is 41.9 Å². The first kappa shape index (κ1) is 13.7. The van der Waals surface area contributed by atoms with E-state index in [9.17, 15) is 4.79 Å². The van der Waals surface area contributed by atoms with Crippen molar-refractivity contribution in [1.82, 2.24) is 19.2 Å². The fourth-order valence-corrected chi connectivity index (χ4v) is 3.14. The minimum Gasteiger partial charge on any atom is -0.378 e. The van der Waals surface area contributed by atoms with Gasteiger partial charge >= 0.3 is 0 Å². The van der Waals surface area contributed by atoms with Gasteiger partial charge in [-0.3, -0.25) is 9.20 Å². The highest BCUT2D eigenvalue weighted by atomic mass is 32.1. The molecule has 3 aromatic heterocycles. The number of hydrogen-bond donors (Lipinski definition) is 1. The van der Waals surface area contributed by atoms with Gasteiger partial charge in [0, 0.05) is 30.0 Å². The molecule has 0 atom stereocenters. The molecule has 0 unspecified atom stereocenters. The molecule has 0 radical (unpaired) electrons. The van der Waals surface area contributed by atoms with Crippen molar-refractivity contribution in [3.05, 3.63) is 76.4 Å². The molecule has 114 valence electrons. The van der Waals surface area contributed by atoms with Crippen LogP contribution in [-0.2, 0) is 6.54 Å². The fraction of sp³-hybridized carbons (Fsp3) is 0.0625. The van der Waals surface area contributed by atoms with Gasteiger partial charge in [0.2, 0.25) is 0 Å². The Bertz CT molecular complexity index is 1000. The third kappa shape index (κ3) is 2.62. The maximum absolute atomic E-state index is 12.0. The summed E-state index contributed by atoms with van der Waals surface area (Å²) in [5, 5.41) is 9.45. The standard InChI is InChI=1S/C16H13N5OS/c22-15-10-12(19-16-20(15)8-9-23-16)11-17-13-4-1-2-5-14(13)21-7-3-6-18-21/h1-10,17H,11H2. The molecule has 0 saturated heterocycles. The molecule has 1 N–H and O–H groups in total. The van der Waals surface area contributed by atoms with Crippen LogP contribution in [0.25, 0.3) is 10.6 Å². The number of thiazole rings is 1. The summed E-state index contributed by atoms with van der Waals surface area (Å²) in [6.07, 6.45) is 5.37. The van der Waals surface area contributed by atoms with Crippen molar-refractivity contribution in [3.8, 4) is 5.69 Å². The minimum absolute atomic E-state index is 0.0617. The zero-order valence-electron chi connectivity index (χ0n) is 12.1. The van der Waals surface area contributed by atoms with Crippen LogP contribution in [0.3, 0.4) is 0 Å². The molecule has 0 saturated carbocycles. The van der Waals surface area contributed by atoms with Gasteiger partial charge in [0.1, 0.15) is 0 Å². The minimum atomic E-state index is -0.0617. The van der Waals surface area contributed by atoms with Crippen molar-refractivity contribution in [2.45, 2.75) is 6.54 Å². The van der Waals surface area contributed by atoms with Gasteiger partial charge in [0.15, 0.2) is 4.96 Å². The van der Waals surface area contributed by atoms with E-state index in [0.29, 0.717) is 17.2 Å². The molecule has 0 aliphatic rings. The summed E-state index contributed by atoms with van der Waals surface area (Å²) >= 11 is 1.45. The summed E-state index contributed by atoms with van der Waals surface area (Å²) in [6, 6.07) is 11.3. The van der Waals surface area contributed by atoms with Crippen molar-refractivity contribution in [3.63, 3.8) is 0 Å². The smallest absolute Gasteiger partial charge is 0.258 e. The van der Waals surface area contributed by atoms with Gasteiger partial charge < -0.3 is 5.32 Å². The average Bonchev–Trinajstić information content (AvgIpc) is 3.25. The Hall–Kier alpha value is -2.93. The highest BCUT2D eigenvalue weighted by molar-refractivity contribution is 7.15. The monoisotopic (exact) mass is 323 g/mol. The average molecular weight is 323 g/mol. The maximum Gasteiger partial charge on any atom is 0.258 e. The molecule has 0 fully saturated rings. The summed E-state index contributed by atoms with van der Waals surface area (Å²) in [7, 11) is 0. The molecule has 23 heavy (non-hydrogen) atoms. The molecular weight excluding hydrogens is 310 g/mol. The molecule has 6 nitrogen and oxygen atoms in total. The number of nitrogens with one attached hydrogen (secondary N) is 1. The van der Waals surface area contributed by atoms with Gasteiger partial charge in [0.05, 0.1) is 23.6 Å². The molecule has 0 spiro atoms. The lowest BCUT2D eigenvalue weighted by molar-refractivity contribution is 0.878. The van der Waals surface area contributed by atoms with Crippen molar-refractivity contribution in [2.75, 3.05) is 5.32 Å². The number of fused-ring (bicyclic) bond motifs is 1. The van der Waals surface area contributed by atoms with Gasteiger partial charge in [-0.15, -0.1) is 11.3 Å². The Labute approximate surface area is 135 Å². The molecule has 4 aromatic rings. The van der Waals surface area contributed by atoms with Crippen molar-refractivity contribution in [1.29, 1.82) is 0 Å². The van der Waals surface area contributed by atoms with E-state index >= 15 is 0 Å². The summed E-state index contributed by atoms with van der Waals surface area (Å²) in [5.74, 6) is 0. The predicted octanol–water partition coefficient (Wildman–Crippen LogP) is 2.55. The van der Waals surface area contributed by atoms with Crippen molar-refractivity contribution < 1.29 is 0 Å². The number of anilines is 1. The lowest BCUT2D eigenvalue weighted by atomic mass is 10.2. The number of hydrogen-bond acceptors (Lipinski definition) is 5. The molecule has 1 aromatic carbocycles. The molecule has 0 bridgehead atoms. The van der Waals surface area contributed by atoms with Gasteiger partial charge in [-0.25, -0.2) is 9.67 Å². The molecule has 0 aliphatic carbocycles. The van der Waals surface area contributed by atoms with Crippen LogP contribution < -0.4 is 10.9 Å². The fourth-order valence-electron chi connectivity index (χ4n) is 2.40. The Morgan fingerprint density at radius 3 is 2.96 bits per heavy atom. The lowest BCUT2D eigenvalue weighted by Gasteiger charge is -2.11. The topological polar surface area (TPSA) is 64.2 Å². The number of nitrogens with zero attached hydrogens (tertiary/aromatic N) is 4. The van der Waals surface area contributed by atoms with Crippen LogP contribution in [-0.4, -0.2) is 19.2 Å². The Morgan fingerprint density at radius 2 is 2.09 bits per heavy atom. The molecular formula is C16H13N5OS. The largest absolute Gasteiger partial charge is 0.378 e. The van der Waals surface area contributed by atoms with E-state index < -0.39 is 0 Å². The van der Waals surface area contributed by atoms with Crippen molar-refractivity contribution >= 4 is 22.0 Å². The first-order chi connectivity index (χ1) is 11.3. The molecule has 0 aliphatic heterocycles. The first-order valence-electron chi connectivity index (χ1n) is 7.10. The quantitative estimate of drug-likeness (QED) is 0.627. The number of aromatic nitrogens is 4. The molecule has 7 heteroatoms. The van der Waals surface area contributed by atoms with Gasteiger partial charge in [0.25, 0.3) is 5.56 Å². The number of rotatable bonds is 4. The Kier molecular flexibility index (Phi) is 3.39. The zero-order chi connectivity index (χ0) is 15.6. The van der Waals surface area contributed by atoms with E-state index in [4.69, 9.17) is 0 Å². The summed E-state index contributed by atoms with van der Waals surface area (Å²) in [6.45, 7) is 0.474. The van der Waals surface area contributed by atoms with Crippen LogP contribution >= 0.6 is 11.3 Å². The summed E-state index contributed by atoms with van der Waals surface area (Å²) in [4.78, 5) is 17.2. The van der Waals surface area contributed by atoms with Crippen LogP contribution in [0.2, 0.25) is 0 Å². The Morgan fingerprint density at radius 1 is 1.17 bits per heavy atom. The Balaban J connectivity index is 1.63. The maximum atomic E-state index is 12.0. The second-order valence-corrected chi connectivity index (χ2v) is 5.84. The lowest BCUT2D eigenvalue weighted by Crippen LogP contribution is -2.15. The van der Waals surface area contributed by atoms with E-state index in [0.717, 1.165) is 11.4 Å². The van der Waals surface area contributed by atoms with Gasteiger partial charge in [-0.05, 0) is 18.2 Å². The SMILES string of the molecule is O=c1cc(CNc2ccccc2-n2cccn2)nc2sccn12. The second kappa shape index (κ2) is 5.69. The highest BCUT2D eigenvalue weighted by Gasteiger charge is 2.06. The predicted molar refractivity (Wildman–Crippen MR) is 90.2 cm³/mol. The molecule has 4 rings (SSSR count). The van der Waals surface area contributed by atoms with Crippen LogP contribution in [0.1, 0.15) is 5.69 Å². The third-order valence-corrected chi connectivity index (χ3v) is 4.23. The third-order valence-electron chi connectivity index (χ3n) is 3.47. The van der Waals surface area contributed by atoms with E-state index in [1.54, 1.807) is 27.5 Å². The molecule has 0 amide bonds. The van der Waals surface area contributed by atoms with Gasteiger partial charge in [-0.1, -0.05) is 12.1 Å². The number of para-hydroxylation sites is 2. The van der Waals surface area contributed by atoms with Crippen LogP contribution in [0, 0.1) is 0 Å². The zero-order valence-corrected chi connectivity index (χ0v) is 12.9. The van der Waals surface area contributed by atoms with Gasteiger partial charge in [-0.2, -0.15) is 5.10 Å². The highest BCUT2D eigenvalue weighted by Crippen LogP contribution is 2.19. The van der Waals surface area contributed by atoms with E-state index in [-0.39, 0.29) is 5.56 Å². The van der Waals surface area contributed by atoms with Crippen molar-refractivity contribution in [2.24, 2.45) is 0 Å². The number of benzene rings is 1. The normalized spacial score (nSPS) is 11.0. The van der Waals surface area contributed by atoms with E-state index in [1.165, 1.54) is 11.3 Å². The second-order valence-electron chi connectivity index (χ2n) is 4.96.